The maximum atomic E-state index is 15.4. The molecule has 4 rings (SSSR count). The summed E-state index contributed by atoms with van der Waals surface area (Å²) >= 11 is 0. The Morgan fingerprint density at radius 1 is 0.943 bits per heavy atom. The minimum Gasteiger partial charge on any atom is -0.341 e. The van der Waals surface area contributed by atoms with Crippen molar-refractivity contribution in [1.29, 1.82) is 0 Å². The summed E-state index contributed by atoms with van der Waals surface area (Å²) in [7, 11) is 1.93. The second-order valence-corrected chi connectivity index (χ2v) is 9.90. The Labute approximate surface area is 197 Å². The zero-order chi connectivity index (χ0) is 25.8. The highest BCUT2D eigenvalue weighted by molar-refractivity contribution is 5.86. The highest BCUT2D eigenvalue weighted by Gasteiger charge is 2.70. The van der Waals surface area contributed by atoms with E-state index in [2.05, 4.69) is 4.90 Å². The number of nitrogens with zero attached hydrogens (tertiary/aromatic N) is 3. The maximum Gasteiger partial charge on any atom is 0.416 e. The summed E-state index contributed by atoms with van der Waals surface area (Å²) in [4.78, 5) is 17.2. The Balaban J connectivity index is 1.53. The van der Waals surface area contributed by atoms with Crippen LogP contribution in [-0.4, -0.2) is 73.1 Å². The van der Waals surface area contributed by atoms with E-state index in [1.54, 1.807) is 0 Å². The van der Waals surface area contributed by atoms with E-state index in [9.17, 15) is 31.1 Å². The van der Waals surface area contributed by atoms with Gasteiger partial charge in [0.2, 0.25) is 5.91 Å². The number of alkyl halides is 8. The first-order valence-electron chi connectivity index (χ1n) is 11.5. The van der Waals surface area contributed by atoms with Crippen molar-refractivity contribution in [3.63, 3.8) is 0 Å². The minimum atomic E-state index is -5.04. The Morgan fingerprint density at radius 3 is 2.11 bits per heavy atom. The quantitative estimate of drug-likeness (QED) is 0.533. The molecule has 2 saturated heterocycles. The fourth-order valence-corrected chi connectivity index (χ4v) is 4.99. The lowest BCUT2D eigenvalue weighted by molar-refractivity contribution is -0.198. The Hall–Kier alpha value is -1.95. The van der Waals surface area contributed by atoms with Gasteiger partial charge in [0.15, 0.2) is 0 Å². The summed E-state index contributed by atoms with van der Waals surface area (Å²) in [6, 6.07) is 2.76. The van der Waals surface area contributed by atoms with E-state index in [1.165, 1.54) is 6.07 Å². The van der Waals surface area contributed by atoms with Crippen LogP contribution in [-0.2, 0) is 23.4 Å². The van der Waals surface area contributed by atoms with Gasteiger partial charge in [0.05, 0.1) is 5.56 Å². The molecule has 3 aliphatic rings. The Kier molecular flexibility index (Phi) is 6.61. The molecule has 2 heterocycles. The summed E-state index contributed by atoms with van der Waals surface area (Å²) in [5.74, 6) is -6.94. The van der Waals surface area contributed by atoms with Crippen LogP contribution in [0.5, 0.6) is 0 Å². The molecule has 0 radical (unpaired) electrons. The van der Waals surface area contributed by atoms with Gasteiger partial charge >= 0.3 is 12.4 Å². The summed E-state index contributed by atoms with van der Waals surface area (Å²) in [5, 5.41) is 0. The second kappa shape index (κ2) is 8.86. The van der Waals surface area contributed by atoms with Crippen LogP contribution >= 0.6 is 0 Å². The molecule has 1 saturated carbocycles. The molecule has 0 aromatic heterocycles. The number of halogens is 8. The predicted octanol–water partition coefficient (Wildman–Crippen LogP) is 4.74. The van der Waals surface area contributed by atoms with E-state index in [1.807, 2.05) is 11.9 Å². The topological polar surface area (TPSA) is 26.8 Å². The molecule has 1 aromatic rings. The highest BCUT2D eigenvalue weighted by Crippen LogP contribution is 2.59. The molecule has 1 aromatic carbocycles. The lowest BCUT2D eigenvalue weighted by atomic mass is 9.89. The van der Waals surface area contributed by atoms with Gasteiger partial charge in [0.1, 0.15) is 5.41 Å². The van der Waals surface area contributed by atoms with Crippen LogP contribution in [0.15, 0.2) is 18.2 Å². The van der Waals surface area contributed by atoms with Gasteiger partial charge < -0.3 is 9.80 Å². The van der Waals surface area contributed by atoms with Gasteiger partial charge in [0, 0.05) is 57.3 Å². The summed E-state index contributed by atoms with van der Waals surface area (Å²) < 4.78 is 112. The number of hydrogen-bond donors (Lipinski definition) is 0. The summed E-state index contributed by atoms with van der Waals surface area (Å²) in [6.45, 7) is 1.89. The molecule has 4 nitrogen and oxygen atoms in total. The SMILES string of the molecule is CN1CCN(Cc2ccc(C(F)(F)C3CCN(C(=O)C4(C(F)(F)F)CC4)C3)c(C(F)(F)F)c2)CC1. The van der Waals surface area contributed by atoms with Gasteiger partial charge in [-0.25, -0.2) is 8.78 Å². The van der Waals surface area contributed by atoms with E-state index < -0.39 is 66.0 Å². The molecule has 35 heavy (non-hydrogen) atoms. The number of rotatable bonds is 5. The predicted molar refractivity (Wildman–Crippen MR) is 111 cm³/mol. The van der Waals surface area contributed by atoms with Crippen LogP contribution in [0.2, 0.25) is 0 Å². The summed E-state index contributed by atoms with van der Waals surface area (Å²) in [5.41, 5.74) is -4.94. The van der Waals surface area contributed by atoms with Gasteiger partial charge in [-0.15, -0.1) is 0 Å². The van der Waals surface area contributed by atoms with E-state index >= 15 is 8.78 Å². The molecule has 0 bridgehead atoms. The lowest BCUT2D eigenvalue weighted by Gasteiger charge is -2.33. The average molecular weight is 513 g/mol. The molecular formula is C23H27F8N3O. The Morgan fingerprint density at radius 2 is 1.57 bits per heavy atom. The molecule has 1 amide bonds. The third-order valence-electron chi connectivity index (χ3n) is 7.44. The monoisotopic (exact) mass is 513 g/mol. The molecule has 1 atom stereocenters. The fraction of sp³-hybridized carbons (Fsp3) is 0.696. The molecule has 0 spiro atoms. The second-order valence-electron chi connectivity index (χ2n) is 9.90. The van der Waals surface area contributed by atoms with E-state index in [0.29, 0.717) is 13.1 Å². The molecule has 1 aliphatic carbocycles. The zero-order valence-electron chi connectivity index (χ0n) is 19.2. The summed E-state index contributed by atoms with van der Waals surface area (Å²) in [6.07, 6.45) is -11.0. The largest absolute Gasteiger partial charge is 0.416 e. The molecule has 1 unspecified atom stereocenters. The van der Waals surface area contributed by atoms with Gasteiger partial charge in [-0.2, -0.15) is 26.3 Å². The standard InChI is InChI=1S/C23H27F8N3O/c1-32-8-10-33(11-9-32)13-15-2-3-17(18(12-15)22(26,27)28)21(24,25)16-4-7-34(14-16)19(35)20(5-6-20)23(29,30)31/h2-3,12,16H,4-11,13-14H2,1H3. The van der Waals surface area contributed by atoms with Gasteiger partial charge in [0.25, 0.3) is 5.92 Å². The molecule has 3 fully saturated rings. The van der Waals surface area contributed by atoms with E-state index in [4.69, 9.17) is 0 Å². The number of hydrogen-bond acceptors (Lipinski definition) is 3. The van der Waals surface area contributed by atoms with Gasteiger partial charge in [-0.1, -0.05) is 12.1 Å². The van der Waals surface area contributed by atoms with Crippen molar-refractivity contribution in [3.8, 4) is 0 Å². The number of piperazine rings is 1. The highest BCUT2D eigenvalue weighted by atomic mass is 19.4. The van der Waals surface area contributed by atoms with Crippen LogP contribution in [0, 0.1) is 11.3 Å². The lowest BCUT2D eigenvalue weighted by Crippen LogP contribution is -2.44. The van der Waals surface area contributed by atoms with Crippen LogP contribution in [0.4, 0.5) is 35.1 Å². The molecule has 196 valence electrons. The number of amides is 1. The van der Waals surface area contributed by atoms with Crippen molar-refractivity contribution < 1.29 is 39.9 Å². The normalized spacial score (nSPS) is 24.1. The van der Waals surface area contributed by atoms with Crippen LogP contribution in [0.3, 0.4) is 0 Å². The van der Waals surface area contributed by atoms with E-state index in [0.717, 1.165) is 30.1 Å². The third-order valence-corrected chi connectivity index (χ3v) is 7.44. The van der Waals surface area contributed by atoms with Crippen molar-refractivity contribution in [2.45, 2.75) is 44.1 Å². The number of benzene rings is 1. The number of carbonyl (C=O) groups excluding carboxylic acids is 1. The molecular weight excluding hydrogens is 486 g/mol. The van der Waals surface area contributed by atoms with Crippen molar-refractivity contribution in [2.75, 3.05) is 46.3 Å². The molecule has 0 N–H and O–H groups in total. The number of likely N-dealkylation sites (tertiary alicyclic amines) is 1. The van der Waals surface area contributed by atoms with Gasteiger partial charge in [-0.3, -0.25) is 9.69 Å². The van der Waals surface area contributed by atoms with Crippen molar-refractivity contribution in [3.05, 3.63) is 34.9 Å². The number of likely N-dealkylation sites (N-methyl/N-ethyl adjacent to an activating group) is 1. The van der Waals surface area contributed by atoms with Crippen molar-refractivity contribution in [1.82, 2.24) is 14.7 Å². The average Bonchev–Trinajstić information content (AvgIpc) is 3.44. The fourth-order valence-electron chi connectivity index (χ4n) is 4.99. The third kappa shape index (κ3) is 5.00. The van der Waals surface area contributed by atoms with Crippen LogP contribution in [0.1, 0.15) is 36.0 Å². The maximum absolute atomic E-state index is 15.4. The first-order chi connectivity index (χ1) is 16.1. The minimum absolute atomic E-state index is 0.188. The Bertz CT molecular complexity index is 949. The first-order valence-corrected chi connectivity index (χ1v) is 11.5. The number of carbonyl (C=O) groups is 1. The van der Waals surface area contributed by atoms with Gasteiger partial charge in [-0.05, 0) is 37.9 Å². The van der Waals surface area contributed by atoms with Crippen molar-refractivity contribution >= 4 is 5.91 Å². The van der Waals surface area contributed by atoms with Crippen LogP contribution < -0.4 is 0 Å². The van der Waals surface area contributed by atoms with Crippen LogP contribution in [0.25, 0.3) is 0 Å². The molecule has 2 aliphatic heterocycles. The molecule has 12 heteroatoms. The van der Waals surface area contributed by atoms with Crippen molar-refractivity contribution in [2.24, 2.45) is 11.3 Å². The van der Waals surface area contributed by atoms with E-state index in [-0.39, 0.29) is 25.1 Å². The smallest absolute Gasteiger partial charge is 0.341 e. The zero-order valence-corrected chi connectivity index (χ0v) is 19.2. The first kappa shape index (κ1) is 26.1.